The van der Waals surface area contributed by atoms with E-state index in [0.29, 0.717) is 13.0 Å². The number of halogens is 1. The molecule has 0 saturated carbocycles. The normalized spacial score (nSPS) is 14.8. The largest absolute Gasteiger partial charge is 0.483 e. The van der Waals surface area contributed by atoms with E-state index in [1.807, 2.05) is 61.2 Å². The fraction of sp³-hybridized carbons (Fsp3) is 0.310. The first-order chi connectivity index (χ1) is 17.5. The second kappa shape index (κ2) is 10.6. The fourth-order valence-corrected chi connectivity index (χ4v) is 4.89. The molecule has 1 aromatic heterocycles. The van der Waals surface area contributed by atoms with Crippen LogP contribution in [-0.2, 0) is 11.3 Å². The predicted molar refractivity (Wildman–Crippen MR) is 145 cm³/mol. The predicted octanol–water partition coefficient (Wildman–Crippen LogP) is 5.94. The Labute approximate surface area is 217 Å². The van der Waals surface area contributed by atoms with Crippen LogP contribution in [0.5, 0.6) is 5.75 Å². The summed E-state index contributed by atoms with van der Waals surface area (Å²) in [6, 6.07) is 24.2. The molecule has 0 aliphatic carbocycles. The van der Waals surface area contributed by atoms with Gasteiger partial charge in [0.25, 0.3) is 0 Å². The molecule has 0 bridgehead atoms. The highest BCUT2D eigenvalue weighted by molar-refractivity contribution is 6.30. The van der Waals surface area contributed by atoms with E-state index in [-0.39, 0.29) is 12.0 Å². The Balaban J connectivity index is 1.48. The molecule has 1 unspecified atom stereocenters. The highest BCUT2D eigenvalue weighted by atomic mass is 35.5. The van der Waals surface area contributed by atoms with Gasteiger partial charge in [-0.2, -0.15) is 0 Å². The zero-order chi connectivity index (χ0) is 25.1. The molecule has 4 aromatic rings. The van der Waals surface area contributed by atoms with Crippen molar-refractivity contribution in [3.63, 3.8) is 0 Å². The number of hydrogen-bond donors (Lipinski definition) is 0. The van der Waals surface area contributed by atoms with Gasteiger partial charge in [-0.05, 0) is 55.0 Å². The van der Waals surface area contributed by atoms with E-state index >= 15 is 0 Å². The van der Waals surface area contributed by atoms with Crippen LogP contribution in [0.25, 0.3) is 11.0 Å². The number of para-hydroxylation sites is 1. The van der Waals surface area contributed by atoms with Gasteiger partial charge in [0.2, 0.25) is 5.91 Å². The molecule has 1 atom stereocenters. The third-order valence-corrected chi connectivity index (χ3v) is 6.99. The molecule has 2 heterocycles. The van der Waals surface area contributed by atoms with E-state index < -0.39 is 0 Å². The Morgan fingerprint density at radius 1 is 1.00 bits per heavy atom. The number of benzene rings is 3. The number of carbonyl (C=O) groups excluding carboxylic acids is 1. The van der Waals surface area contributed by atoms with Gasteiger partial charge in [-0.3, -0.25) is 4.79 Å². The number of fused-ring (bicyclic) bond motifs is 1. The van der Waals surface area contributed by atoms with Gasteiger partial charge in [0.15, 0.2) is 11.9 Å². The van der Waals surface area contributed by atoms with Crippen molar-refractivity contribution in [2.24, 2.45) is 0 Å². The minimum absolute atomic E-state index is 0.225. The van der Waals surface area contributed by atoms with Gasteiger partial charge in [-0.25, -0.2) is 4.98 Å². The van der Waals surface area contributed by atoms with Crippen LogP contribution in [0.15, 0.2) is 72.8 Å². The van der Waals surface area contributed by atoms with E-state index in [9.17, 15) is 4.79 Å². The Bertz CT molecular complexity index is 1330. The van der Waals surface area contributed by atoms with Crippen molar-refractivity contribution in [1.29, 1.82) is 0 Å². The first-order valence-electron chi connectivity index (χ1n) is 12.5. The number of rotatable bonds is 7. The van der Waals surface area contributed by atoms with Crippen molar-refractivity contribution >= 4 is 34.2 Å². The quantitative estimate of drug-likeness (QED) is 0.314. The molecule has 7 heteroatoms. The van der Waals surface area contributed by atoms with Gasteiger partial charge in [0, 0.05) is 49.9 Å². The summed E-state index contributed by atoms with van der Waals surface area (Å²) in [5.74, 6) is 1.91. The monoisotopic (exact) mass is 502 g/mol. The molecule has 1 amide bonds. The minimum atomic E-state index is -0.237. The number of aromatic nitrogens is 2. The van der Waals surface area contributed by atoms with Crippen LogP contribution in [0, 0.1) is 0 Å². The van der Waals surface area contributed by atoms with Gasteiger partial charge in [0.1, 0.15) is 5.75 Å². The van der Waals surface area contributed by atoms with Crippen LogP contribution < -0.4 is 9.64 Å². The highest BCUT2D eigenvalue weighted by Gasteiger charge is 2.23. The van der Waals surface area contributed by atoms with E-state index in [4.69, 9.17) is 21.3 Å². The van der Waals surface area contributed by atoms with Crippen molar-refractivity contribution < 1.29 is 9.53 Å². The first kappa shape index (κ1) is 24.2. The summed E-state index contributed by atoms with van der Waals surface area (Å²) < 4.78 is 8.51. The number of piperazine rings is 1. The Morgan fingerprint density at radius 2 is 1.72 bits per heavy atom. The zero-order valence-corrected chi connectivity index (χ0v) is 21.5. The zero-order valence-electron chi connectivity index (χ0n) is 20.7. The molecular formula is C29H31ClN4O2. The first-order valence-corrected chi connectivity index (χ1v) is 12.9. The van der Waals surface area contributed by atoms with Crippen LogP contribution in [0.2, 0.25) is 5.02 Å². The third-order valence-electron chi connectivity index (χ3n) is 6.73. The van der Waals surface area contributed by atoms with Crippen LogP contribution >= 0.6 is 11.6 Å². The fourth-order valence-electron chi connectivity index (χ4n) is 4.77. The summed E-state index contributed by atoms with van der Waals surface area (Å²) in [5.41, 5.74) is 4.29. The van der Waals surface area contributed by atoms with Crippen molar-refractivity contribution in [3.8, 4) is 5.75 Å². The molecule has 6 nitrogen and oxygen atoms in total. The number of imidazole rings is 1. The number of carbonyl (C=O) groups is 1. The van der Waals surface area contributed by atoms with E-state index in [1.54, 1.807) is 0 Å². The van der Waals surface area contributed by atoms with Crippen LogP contribution in [0.3, 0.4) is 0 Å². The number of ether oxygens (including phenoxy) is 1. The molecule has 36 heavy (non-hydrogen) atoms. The van der Waals surface area contributed by atoms with Crippen LogP contribution in [-0.4, -0.2) is 46.5 Å². The third kappa shape index (κ3) is 5.19. The lowest BCUT2D eigenvalue weighted by Crippen LogP contribution is -2.48. The second-order valence-electron chi connectivity index (χ2n) is 9.15. The maximum Gasteiger partial charge on any atom is 0.222 e. The van der Waals surface area contributed by atoms with E-state index in [0.717, 1.165) is 65.1 Å². The molecule has 3 aromatic carbocycles. The highest BCUT2D eigenvalue weighted by Crippen LogP contribution is 2.29. The number of anilines is 1. The SMILES string of the molecule is CCC(=O)N1CCN(c2ccc3nc(C(C)Oc4ccccc4)n(Cc4ccc(Cl)cc4)c3c2)CC1. The maximum absolute atomic E-state index is 12.1. The molecule has 1 aliphatic rings. The van der Waals surface area contributed by atoms with Crippen molar-refractivity contribution in [1.82, 2.24) is 14.5 Å². The van der Waals surface area contributed by atoms with Gasteiger partial charge in [-0.15, -0.1) is 0 Å². The number of nitrogens with zero attached hydrogens (tertiary/aromatic N) is 4. The van der Waals surface area contributed by atoms with Gasteiger partial charge < -0.3 is 19.1 Å². The minimum Gasteiger partial charge on any atom is -0.483 e. The van der Waals surface area contributed by atoms with E-state index in [1.165, 1.54) is 0 Å². The Hall–Kier alpha value is -3.51. The van der Waals surface area contributed by atoms with Crippen molar-refractivity contribution in [2.45, 2.75) is 32.9 Å². The molecule has 0 spiro atoms. The summed E-state index contributed by atoms with van der Waals surface area (Å²) in [6.07, 6.45) is 0.320. The molecule has 0 N–H and O–H groups in total. The van der Waals surface area contributed by atoms with Crippen LogP contribution in [0.1, 0.15) is 37.8 Å². The van der Waals surface area contributed by atoms with E-state index in [2.05, 4.69) is 39.8 Å². The van der Waals surface area contributed by atoms with Crippen molar-refractivity contribution in [2.75, 3.05) is 31.1 Å². The smallest absolute Gasteiger partial charge is 0.222 e. The van der Waals surface area contributed by atoms with Crippen molar-refractivity contribution in [3.05, 3.63) is 89.2 Å². The molecule has 1 aliphatic heterocycles. The molecular weight excluding hydrogens is 472 g/mol. The second-order valence-corrected chi connectivity index (χ2v) is 9.59. The number of amides is 1. The lowest BCUT2D eigenvalue weighted by atomic mass is 10.2. The molecule has 1 saturated heterocycles. The summed E-state index contributed by atoms with van der Waals surface area (Å²) in [6.45, 7) is 7.77. The lowest BCUT2D eigenvalue weighted by Gasteiger charge is -2.36. The van der Waals surface area contributed by atoms with Gasteiger partial charge in [-0.1, -0.05) is 48.9 Å². The lowest BCUT2D eigenvalue weighted by molar-refractivity contribution is -0.131. The van der Waals surface area contributed by atoms with Crippen LogP contribution in [0.4, 0.5) is 5.69 Å². The number of hydrogen-bond acceptors (Lipinski definition) is 4. The molecule has 186 valence electrons. The summed E-state index contributed by atoms with van der Waals surface area (Å²) in [5, 5.41) is 0.721. The average molecular weight is 503 g/mol. The molecule has 0 radical (unpaired) electrons. The average Bonchev–Trinajstić information content (AvgIpc) is 3.28. The maximum atomic E-state index is 12.1. The standard InChI is InChI=1S/C29H31ClN4O2/c1-3-28(35)33-17-15-32(16-18-33)24-13-14-26-27(19-24)34(20-22-9-11-23(30)12-10-22)29(31-26)21(2)36-25-7-5-4-6-8-25/h4-14,19,21H,3,15-18,20H2,1-2H3. The Morgan fingerprint density at radius 3 is 2.42 bits per heavy atom. The topological polar surface area (TPSA) is 50.6 Å². The molecule has 5 rings (SSSR count). The summed E-state index contributed by atoms with van der Waals surface area (Å²) in [4.78, 5) is 21.4. The Kier molecular flexibility index (Phi) is 7.14. The summed E-state index contributed by atoms with van der Waals surface area (Å²) >= 11 is 6.14. The summed E-state index contributed by atoms with van der Waals surface area (Å²) in [7, 11) is 0. The van der Waals surface area contributed by atoms with Gasteiger partial charge >= 0.3 is 0 Å². The molecule has 1 fully saturated rings. The van der Waals surface area contributed by atoms with Gasteiger partial charge in [0.05, 0.1) is 11.0 Å².